The minimum Gasteiger partial charge on any atom is -0.339 e. The van der Waals surface area contributed by atoms with Gasteiger partial charge in [-0.3, -0.25) is 4.79 Å². The zero-order chi connectivity index (χ0) is 13.4. The summed E-state index contributed by atoms with van der Waals surface area (Å²) in [5.41, 5.74) is 0. The maximum atomic E-state index is 12.0. The molecule has 1 aliphatic heterocycles. The highest BCUT2D eigenvalue weighted by Gasteiger charge is 2.36. The average Bonchev–Trinajstić information content (AvgIpc) is 2.98. The van der Waals surface area contributed by atoms with Gasteiger partial charge in [-0.15, -0.1) is 11.3 Å². The Morgan fingerprint density at radius 1 is 1.53 bits per heavy atom. The lowest BCUT2D eigenvalue weighted by Crippen LogP contribution is -2.48. The molecule has 1 amide bonds. The third-order valence-electron chi connectivity index (χ3n) is 3.22. The SMILES string of the molecule is CC(C)c1noc(C2CN(C(=O)c3cccs3)C2)n1. The highest BCUT2D eigenvalue weighted by molar-refractivity contribution is 7.12. The Kier molecular flexibility index (Phi) is 3.10. The summed E-state index contributed by atoms with van der Waals surface area (Å²) in [5, 5.41) is 5.87. The van der Waals surface area contributed by atoms with Crippen LogP contribution < -0.4 is 0 Å². The molecule has 3 rings (SSSR count). The lowest BCUT2D eigenvalue weighted by atomic mass is 10.00. The minimum atomic E-state index is 0.0925. The van der Waals surface area contributed by atoms with Crippen molar-refractivity contribution in [2.45, 2.75) is 25.7 Å². The fourth-order valence-electron chi connectivity index (χ4n) is 2.00. The van der Waals surface area contributed by atoms with E-state index in [1.54, 1.807) is 0 Å². The summed E-state index contributed by atoms with van der Waals surface area (Å²) in [5.74, 6) is 1.93. The minimum absolute atomic E-state index is 0.0925. The molecule has 0 N–H and O–H groups in total. The number of thiophene rings is 1. The first kappa shape index (κ1) is 12.3. The molecule has 0 aliphatic carbocycles. The van der Waals surface area contributed by atoms with E-state index in [-0.39, 0.29) is 17.7 Å². The van der Waals surface area contributed by atoms with Gasteiger partial charge < -0.3 is 9.42 Å². The van der Waals surface area contributed by atoms with Crippen LogP contribution in [0.1, 0.15) is 47.1 Å². The maximum Gasteiger partial charge on any atom is 0.263 e. The molecule has 0 unspecified atom stereocenters. The number of aromatic nitrogens is 2. The van der Waals surface area contributed by atoms with Crippen molar-refractivity contribution in [3.05, 3.63) is 34.1 Å². The van der Waals surface area contributed by atoms with E-state index < -0.39 is 0 Å². The van der Waals surface area contributed by atoms with Crippen LogP contribution >= 0.6 is 11.3 Å². The fourth-order valence-corrected chi connectivity index (χ4v) is 2.70. The summed E-state index contributed by atoms with van der Waals surface area (Å²) in [6, 6.07) is 3.74. The van der Waals surface area contributed by atoms with Gasteiger partial charge in [0.25, 0.3) is 5.91 Å². The molecule has 19 heavy (non-hydrogen) atoms. The van der Waals surface area contributed by atoms with Gasteiger partial charge in [-0.2, -0.15) is 4.98 Å². The van der Waals surface area contributed by atoms with Crippen molar-refractivity contribution < 1.29 is 9.32 Å². The largest absolute Gasteiger partial charge is 0.339 e. The number of likely N-dealkylation sites (tertiary alicyclic amines) is 1. The Hall–Kier alpha value is -1.69. The van der Waals surface area contributed by atoms with Crippen LogP contribution in [0.15, 0.2) is 22.0 Å². The predicted molar refractivity (Wildman–Crippen MR) is 71.4 cm³/mol. The molecule has 3 heterocycles. The average molecular weight is 277 g/mol. The Morgan fingerprint density at radius 3 is 2.89 bits per heavy atom. The quantitative estimate of drug-likeness (QED) is 0.865. The van der Waals surface area contributed by atoms with E-state index in [4.69, 9.17) is 4.52 Å². The molecule has 0 spiro atoms. The molecule has 0 bridgehead atoms. The number of amides is 1. The number of hydrogen-bond donors (Lipinski definition) is 0. The van der Waals surface area contributed by atoms with E-state index in [0.717, 1.165) is 10.7 Å². The van der Waals surface area contributed by atoms with E-state index in [2.05, 4.69) is 10.1 Å². The van der Waals surface area contributed by atoms with E-state index in [1.807, 2.05) is 36.3 Å². The normalized spacial score (nSPS) is 15.8. The van der Waals surface area contributed by atoms with Gasteiger partial charge in [0.05, 0.1) is 10.8 Å². The first-order valence-corrected chi connectivity index (χ1v) is 7.19. The predicted octanol–water partition coefficient (Wildman–Crippen LogP) is 2.49. The molecule has 100 valence electrons. The first-order valence-electron chi connectivity index (χ1n) is 6.31. The summed E-state index contributed by atoms with van der Waals surface area (Å²) >= 11 is 1.47. The molecule has 6 heteroatoms. The van der Waals surface area contributed by atoms with Gasteiger partial charge in [-0.1, -0.05) is 25.1 Å². The van der Waals surface area contributed by atoms with E-state index in [0.29, 0.717) is 19.0 Å². The Bertz CT molecular complexity index is 570. The van der Waals surface area contributed by atoms with Crippen molar-refractivity contribution in [1.29, 1.82) is 0 Å². The maximum absolute atomic E-state index is 12.0. The monoisotopic (exact) mass is 277 g/mol. The Labute approximate surface area is 115 Å². The van der Waals surface area contributed by atoms with Crippen LogP contribution in [0.25, 0.3) is 0 Å². The highest BCUT2D eigenvalue weighted by atomic mass is 32.1. The van der Waals surface area contributed by atoms with Crippen LogP contribution in [0.5, 0.6) is 0 Å². The van der Waals surface area contributed by atoms with E-state index in [1.165, 1.54) is 11.3 Å². The molecule has 0 saturated carbocycles. The molecule has 1 saturated heterocycles. The molecule has 0 radical (unpaired) electrons. The lowest BCUT2D eigenvalue weighted by Gasteiger charge is -2.36. The van der Waals surface area contributed by atoms with E-state index in [9.17, 15) is 4.79 Å². The fraction of sp³-hybridized carbons (Fsp3) is 0.462. The smallest absolute Gasteiger partial charge is 0.263 e. The van der Waals surface area contributed by atoms with Gasteiger partial charge in [0.15, 0.2) is 5.82 Å². The summed E-state index contributed by atoms with van der Waals surface area (Å²) in [6.45, 7) is 5.39. The van der Waals surface area contributed by atoms with Crippen LogP contribution in [0.3, 0.4) is 0 Å². The molecule has 2 aromatic heterocycles. The van der Waals surface area contributed by atoms with Crippen LogP contribution in [0, 0.1) is 0 Å². The number of nitrogens with zero attached hydrogens (tertiary/aromatic N) is 3. The van der Waals surface area contributed by atoms with Crippen molar-refractivity contribution >= 4 is 17.2 Å². The van der Waals surface area contributed by atoms with Crippen molar-refractivity contribution in [1.82, 2.24) is 15.0 Å². The lowest BCUT2D eigenvalue weighted by molar-refractivity contribution is 0.0574. The van der Waals surface area contributed by atoms with Crippen LogP contribution in [-0.2, 0) is 0 Å². The molecule has 5 nitrogen and oxygen atoms in total. The van der Waals surface area contributed by atoms with Gasteiger partial charge in [-0.25, -0.2) is 0 Å². The van der Waals surface area contributed by atoms with Gasteiger partial charge in [0.2, 0.25) is 5.89 Å². The van der Waals surface area contributed by atoms with Gasteiger partial charge in [0.1, 0.15) is 0 Å². The zero-order valence-corrected chi connectivity index (χ0v) is 11.7. The number of rotatable bonds is 3. The topological polar surface area (TPSA) is 59.2 Å². The van der Waals surface area contributed by atoms with Gasteiger partial charge in [-0.05, 0) is 11.4 Å². The second-order valence-electron chi connectivity index (χ2n) is 5.03. The molecule has 0 atom stereocenters. The standard InChI is InChI=1S/C13H15N3O2S/c1-8(2)11-14-12(18-15-11)9-6-16(7-9)13(17)10-4-3-5-19-10/h3-5,8-9H,6-7H2,1-2H3. The second kappa shape index (κ2) is 4.77. The zero-order valence-electron chi connectivity index (χ0n) is 10.9. The number of carbonyl (C=O) groups is 1. The Balaban J connectivity index is 1.62. The number of carbonyl (C=O) groups excluding carboxylic acids is 1. The van der Waals surface area contributed by atoms with Gasteiger partial charge >= 0.3 is 0 Å². The molecule has 2 aromatic rings. The molecular formula is C13H15N3O2S. The summed E-state index contributed by atoms with van der Waals surface area (Å²) in [6.07, 6.45) is 0. The molecular weight excluding hydrogens is 262 g/mol. The molecule has 1 fully saturated rings. The van der Waals surface area contributed by atoms with Crippen LogP contribution in [-0.4, -0.2) is 34.0 Å². The molecule has 1 aliphatic rings. The summed E-state index contributed by atoms with van der Waals surface area (Å²) < 4.78 is 5.25. The van der Waals surface area contributed by atoms with Crippen LogP contribution in [0.2, 0.25) is 0 Å². The molecule has 0 aromatic carbocycles. The summed E-state index contributed by atoms with van der Waals surface area (Å²) in [4.78, 5) is 19.0. The third kappa shape index (κ3) is 2.28. The summed E-state index contributed by atoms with van der Waals surface area (Å²) in [7, 11) is 0. The highest BCUT2D eigenvalue weighted by Crippen LogP contribution is 2.28. The first-order chi connectivity index (χ1) is 9.15. The van der Waals surface area contributed by atoms with Crippen molar-refractivity contribution in [2.75, 3.05) is 13.1 Å². The second-order valence-corrected chi connectivity index (χ2v) is 5.98. The van der Waals surface area contributed by atoms with Crippen molar-refractivity contribution in [3.63, 3.8) is 0 Å². The van der Waals surface area contributed by atoms with Crippen molar-refractivity contribution in [2.24, 2.45) is 0 Å². The van der Waals surface area contributed by atoms with Crippen molar-refractivity contribution in [3.8, 4) is 0 Å². The van der Waals surface area contributed by atoms with Gasteiger partial charge in [0, 0.05) is 19.0 Å². The van der Waals surface area contributed by atoms with E-state index >= 15 is 0 Å². The Morgan fingerprint density at radius 2 is 2.32 bits per heavy atom. The third-order valence-corrected chi connectivity index (χ3v) is 4.08. The van der Waals surface area contributed by atoms with Crippen LogP contribution in [0.4, 0.5) is 0 Å². The number of hydrogen-bond acceptors (Lipinski definition) is 5.